The number of carbonyl (C=O) groups excluding carboxylic acids is 1. The maximum Gasteiger partial charge on any atom is 0.305 e. The van der Waals surface area contributed by atoms with Crippen molar-refractivity contribution in [2.24, 2.45) is 4.99 Å². The summed E-state index contributed by atoms with van der Waals surface area (Å²) in [6.07, 6.45) is -1.14. The van der Waals surface area contributed by atoms with E-state index >= 15 is 0 Å². The van der Waals surface area contributed by atoms with Crippen molar-refractivity contribution in [1.82, 2.24) is 0 Å². The topological polar surface area (TPSA) is 99.0 Å². The predicted molar refractivity (Wildman–Crippen MR) is 89.2 cm³/mol. The molecule has 6 heteroatoms. The molecule has 0 fully saturated rings. The molecule has 0 spiro atoms. The summed E-state index contributed by atoms with van der Waals surface area (Å²) in [5.41, 5.74) is 4.34. The number of fused-ring (bicyclic) bond motifs is 3. The molecule has 0 bridgehead atoms. The van der Waals surface area contributed by atoms with Crippen LogP contribution < -0.4 is 5.11 Å². The Morgan fingerprint density at radius 1 is 1.16 bits per heavy atom. The standard InChI is InChI=1S/C19H17NO5/c21-10-12(9-18(22)23)20-19(24)25-11-17-15-7-3-1-5-13(15)14-6-2-4-8-16(14)17/h1-8,10,12,17H,9,11H2,(H,20,24)(H,22,23)/p-1. The molecule has 3 rings (SSSR count). The Morgan fingerprint density at radius 3 is 2.24 bits per heavy atom. The zero-order valence-electron chi connectivity index (χ0n) is 13.3. The van der Waals surface area contributed by atoms with Crippen molar-refractivity contribution >= 4 is 18.3 Å². The SMILES string of the molecule is O=CC(CC(=O)O)N=C([O-])OCC1c2ccccc2-c2ccccc21. The van der Waals surface area contributed by atoms with Gasteiger partial charge in [-0.05, 0) is 22.3 Å². The minimum absolute atomic E-state index is 0.0784. The lowest BCUT2D eigenvalue weighted by Crippen LogP contribution is -2.27. The van der Waals surface area contributed by atoms with Gasteiger partial charge in [0, 0.05) is 12.5 Å². The van der Waals surface area contributed by atoms with E-state index in [0.29, 0.717) is 6.29 Å². The number of aliphatic carboxylic acids is 1. The number of ether oxygens (including phenoxy) is 1. The quantitative estimate of drug-likeness (QED) is 0.490. The Bertz CT molecular complexity index is 785. The Morgan fingerprint density at radius 2 is 1.72 bits per heavy atom. The van der Waals surface area contributed by atoms with Crippen LogP contribution in [0.3, 0.4) is 0 Å². The predicted octanol–water partition coefficient (Wildman–Crippen LogP) is 1.57. The zero-order chi connectivity index (χ0) is 17.8. The number of benzene rings is 2. The number of carboxylic acids is 1. The summed E-state index contributed by atoms with van der Waals surface area (Å²) >= 11 is 0. The van der Waals surface area contributed by atoms with Crippen molar-refractivity contribution < 1.29 is 24.5 Å². The number of aldehydes is 1. The molecule has 1 aliphatic rings. The molecule has 6 nitrogen and oxygen atoms in total. The molecule has 1 unspecified atom stereocenters. The molecule has 25 heavy (non-hydrogen) atoms. The van der Waals surface area contributed by atoms with Crippen LogP contribution >= 0.6 is 0 Å². The van der Waals surface area contributed by atoms with Gasteiger partial charge in [0.25, 0.3) is 0 Å². The molecule has 0 saturated carbocycles. The molecule has 0 heterocycles. The van der Waals surface area contributed by atoms with E-state index in [1.165, 1.54) is 0 Å². The fraction of sp³-hybridized carbons (Fsp3) is 0.211. The summed E-state index contributed by atoms with van der Waals surface area (Å²) in [6.45, 7) is 0.0784. The van der Waals surface area contributed by atoms with Crippen molar-refractivity contribution in [2.45, 2.75) is 18.4 Å². The van der Waals surface area contributed by atoms with E-state index in [1.807, 2.05) is 48.5 Å². The molecule has 0 amide bonds. The minimum Gasteiger partial charge on any atom is -0.599 e. The van der Waals surface area contributed by atoms with Crippen molar-refractivity contribution in [1.29, 1.82) is 0 Å². The zero-order valence-corrected chi connectivity index (χ0v) is 13.3. The molecule has 1 atom stereocenters. The molecule has 1 aliphatic carbocycles. The van der Waals surface area contributed by atoms with E-state index in [0.717, 1.165) is 22.3 Å². The van der Waals surface area contributed by atoms with Gasteiger partial charge in [0.15, 0.2) is 0 Å². The third-order valence-electron chi connectivity index (χ3n) is 4.15. The van der Waals surface area contributed by atoms with E-state index in [4.69, 9.17) is 9.84 Å². The normalized spacial score (nSPS) is 14.5. The van der Waals surface area contributed by atoms with E-state index in [1.54, 1.807) is 0 Å². The molecule has 0 aliphatic heterocycles. The van der Waals surface area contributed by atoms with Crippen LogP contribution in [0.5, 0.6) is 0 Å². The summed E-state index contributed by atoms with van der Waals surface area (Å²) < 4.78 is 5.20. The Labute approximate surface area is 144 Å². The fourth-order valence-corrected chi connectivity index (χ4v) is 3.07. The van der Waals surface area contributed by atoms with E-state index in [-0.39, 0.29) is 12.5 Å². The van der Waals surface area contributed by atoms with Crippen LogP contribution in [0.2, 0.25) is 0 Å². The van der Waals surface area contributed by atoms with E-state index < -0.39 is 24.5 Å². The van der Waals surface area contributed by atoms with Crippen LogP contribution in [0.4, 0.5) is 0 Å². The van der Waals surface area contributed by atoms with Crippen molar-refractivity contribution in [3.05, 3.63) is 59.7 Å². The van der Waals surface area contributed by atoms with Crippen LogP contribution in [0.15, 0.2) is 53.5 Å². The third kappa shape index (κ3) is 3.52. The van der Waals surface area contributed by atoms with Gasteiger partial charge in [-0.1, -0.05) is 48.5 Å². The lowest BCUT2D eigenvalue weighted by molar-refractivity contribution is -0.251. The van der Waals surface area contributed by atoms with Crippen LogP contribution in [0.1, 0.15) is 23.5 Å². The third-order valence-corrected chi connectivity index (χ3v) is 4.15. The summed E-state index contributed by atoms with van der Waals surface area (Å²) in [6, 6.07) is 14.6. The van der Waals surface area contributed by atoms with Gasteiger partial charge in [0.1, 0.15) is 18.4 Å². The Balaban J connectivity index is 1.77. The maximum atomic E-state index is 11.8. The second-order valence-electron chi connectivity index (χ2n) is 5.73. The van der Waals surface area contributed by atoms with Crippen LogP contribution in [-0.2, 0) is 14.3 Å². The summed E-state index contributed by atoms with van der Waals surface area (Å²) in [5.74, 6) is -1.31. The van der Waals surface area contributed by atoms with Crippen molar-refractivity contribution in [3.63, 3.8) is 0 Å². The first-order valence-corrected chi connectivity index (χ1v) is 7.83. The number of hydrogen-bond acceptors (Lipinski definition) is 5. The number of carbonyl (C=O) groups is 2. The molecule has 128 valence electrons. The van der Waals surface area contributed by atoms with Crippen LogP contribution in [-0.4, -0.2) is 36.1 Å². The van der Waals surface area contributed by atoms with E-state index in [2.05, 4.69) is 4.99 Å². The molecule has 2 aromatic rings. The highest BCUT2D eigenvalue weighted by Gasteiger charge is 2.26. The average molecular weight is 338 g/mol. The van der Waals surface area contributed by atoms with Crippen molar-refractivity contribution in [3.8, 4) is 11.1 Å². The maximum absolute atomic E-state index is 11.8. The number of hydrogen-bond donors (Lipinski definition) is 1. The smallest absolute Gasteiger partial charge is 0.305 e. The molecule has 1 N–H and O–H groups in total. The van der Waals surface area contributed by atoms with Gasteiger partial charge < -0.3 is 19.7 Å². The first-order chi connectivity index (χ1) is 12.1. The first kappa shape index (κ1) is 16.7. The molecule has 0 saturated heterocycles. The Hall–Kier alpha value is -3.15. The number of aliphatic imine (C=N–C) groups is 1. The lowest BCUT2D eigenvalue weighted by Gasteiger charge is -2.21. The van der Waals surface area contributed by atoms with Gasteiger partial charge >= 0.3 is 5.97 Å². The van der Waals surface area contributed by atoms with Gasteiger partial charge in [-0.25, -0.2) is 0 Å². The number of carboxylic acid groups (broad SMARTS) is 1. The van der Waals surface area contributed by atoms with Gasteiger partial charge in [-0.3, -0.25) is 9.79 Å². The van der Waals surface area contributed by atoms with Crippen LogP contribution in [0.25, 0.3) is 11.1 Å². The molecular weight excluding hydrogens is 322 g/mol. The molecule has 0 aromatic heterocycles. The van der Waals surface area contributed by atoms with Gasteiger partial charge in [-0.15, -0.1) is 0 Å². The summed E-state index contributed by atoms with van der Waals surface area (Å²) in [5, 5.41) is 20.5. The molecule has 2 aromatic carbocycles. The second-order valence-corrected chi connectivity index (χ2v) is 5.73. The number of rotatable bonds is 6. The monoisotopic (exact) mass is 338 g/mol. The highest BCUT2D eigenvalue weighted by Crippen LogP contribution is 2.44. The number of nitrogens with zero attached hydrogens (tertiary/aromatic N) is 1. The fourth-order valence-electron chi connectivity index (χ4n) is 3.07. The van der Waals surface area contributed by atoms with E-state index in [9.17, 15) is 14.7 Å². The minimum atomic E-state index is -1.23. The Kier molecular flexibility index (Phi) is 4.79. The van der Waals surface area contributed by atoms with Crippen LogP contribution in [0, 0.1) is 0 Å². The highest BCUT2D eigenvalue weighted by atomic mass is 16.6. The van der Waals surface area contributed by atoms with Crippen molar-refractivity contribution in [2.75, 3.05) is 6.61 Å². The lowest BCUT2D eigenvalue weighted by atomic mass is 9.98. The summed E-state index contributed by atoms with van der Waals surface area (Å²) in [7, 11) is 0. The first-order valence-electron chi connectivity index (χ1n) is 7.83. The summed E-state index contributed by atoms with van der Waals surface area (Å²) in [4.78, 5) is 24.9. The average Bonchev–Trinajstić information content (AvgIpc) is 2.93. The molecular formula is C19H16NO5-. The highest BCUT2D eigenvalue weighted by molar-refractivity contribution is 5.79. The largest absolute Gasteiger partial charge is 0.599 e. The second kappa shape index (κ2) is 7.17. The van der Waals surface area contributed by atoms with Gasteiger partial charge in [-0.2, -0.15) is 0 Å². The molecule has 0 radical (unpaired) electrons. The van der Waals surface area contributed by atoms with Gasteiger partial charge in [0.05, 0.1) is 6.42 Å². The van der Waals surface area contributed by atoms with Gasteiger partial charge in [0.2, 0.25) is 0 Å².